The highest BCUT2D eigenvalue weighted by atomic mass is 35.5. The SMILES string of the molecule is Cc1nn(C)c(Cl)c1S(=O)(=O)N1C[C@H]2OCCN(C)[C@H]2C1. The van der Waals surface area contributed by atoms with Gasteiger partial charge in [-0.1, -0.05) is 11.6 Å². The molecule has 0 saturated carbocycles. The molecule has 0 aliphatic carbocycles. The second kappa shape index (κ2) is 5.20. The topological polar surface area (TPSA) is 67.7 Å². The van der Waals surface area contributed by atoms with Crippen molar-refractivity contribution in [1.82, 2.24) is 19.0 Å². The molecular weight excluding hydrogens is 316 g/mol. The number of halogens is 1. The van der Waals surface area contributed by atoms with Gasteiger partial charge in [0.2, 0.25) is 10.0 Å². The van der Waals surface area contributed by atoms with Crippen LogP contribution in [-0.2, 0) is 21.8 Å². The Morgan fingerprint density at radius 3 is 2.62 bits per heavy atom. The minimum Gasteiger partial charge on any atom is -0.374 e. The van der Waals surface area contributed by atoms with Crippen LogP contribution in [0.1, 0.15) is 5.69 Å². The summed E-state index contributed by atoms with van der Waals surface area (Å²) in [7, 11) is -0.0169. The highest BCUT2D eigenvalue weighted by molar-refractivity contribution is 7.89. The van der Waals surface area contributed by atoms with Gasteiger partial charge in [0.05, 0.1) is 24.4 Å². The number of fused-ring (bicyclic) bond motifs is 1. The fourth-order valence-corrected chi connectivity index (χ4v) is 5.23. The van der Waals surface area contributed by atoms with Crippen molar-refractivity contribution >= 4 is 21.6 Å². The molecule has 9 heteroatoms. The number of hydrogen-bond acceptors (Lipinski definition) is 5. The van der Waals surface area contributed by atoms with Gasteiger partial charge in [-0.05, 0) is 14.0 Å². The summed E-state index contributed by atoms with van der Waals surface area (Å²) < 4.78 is 34.2. The van der Waals surface area contributed by atoms with Crippen molar-refractivity contribution in [3.05, 3.63) is 10.8 Å². The zero-order valence-corrected chi connectivity index (χ0v) is 13.9. The molecule has 0 bridgehead atoms. The van der Waals surface area contributed by atoms with Crippen LogP contribution in [0, 0.1) is 6.92 Å². The van der Waals surface area contributed by atoms with Crippen LogP contribution in [-0.4, -0.2) is 72.8 Å². The summed E-state index contributed by atoms with van der Waals surface area (Å²) in [5.74, 6) is 0. The lowest BCUT2D eigenvalue weighted by molar-refractivity contribution is -0.0366. The fraction of sp³-hybridized carbons (Fsp3) is 0.750. The second-order valence-electron chi connectivity index (χ2n) is 5.61. The van der Waals surface area contributed by atoms with E-state index >= 15 is 0 Å². The van der Waals surface area contributed by atoms with Gasteiger partial charge in [0.25, 0.3) is 0 Å². The Hall–Kier alpha value is -0.670. The lowest BCUT2D eigenvalue weighted by Crippen LogP contribution is -2.48. The molecular formula is C12H19ClN4O3S. The number of aromatic nitrogens is 2. The average Bonchev–Trinajstić information content (AvgIpc) is 2.94. The summed E-state index contributed by atoms with van der Waals surface area (Å²) >= 11 is 6.11. The van der Waals surface area contributed by atoms with Crippen LogP contribution in [0.4, 0.5) is 0 Å². The number of rotatable bonds is 2. The molecule has 3 heterocycles. The maximum atomic E-state index is 12.9. The predicted octanol–water partition coefficient (Wildman–Crippen LogP) is 0.0854. The monoisotopic (exact) mass is 334 g/mol. The van der Waals surface area contributed by atoms with E-state index in [0.717, 1.165) is 6.54 Å². The Morgan fingerprint density at radius 2 is 2.05 bits per heavy atom. The Kier molecular flexibility index (Phi) is 3.77. The second-order valence-corrected chi connectivity index (χ2v) is 7.84. The van der Waals surface area contributed by atoms with Crippen molar-refractivity contribution in [2.45, 2.75) is 24.0 Å². The standard InChI is InChI=1S/C12H19ClN4O3S/c1-8-11(12(13)16(3)14-8)21(18,19)17-6-9-10(7-17)20-5-4-15(9)2/h9-10H,4-7H2,1-3H3/t9-,10+/m0/s1. The van der Waals surface area contributed by atoms with Gasteiger partial charge in [0, 0.05) is 26.7 Å². The van der Waals surface area contributed by atoms with Crippen molar-refractivity contribution < 1.29 is 13.2 Å². The largest absolute Gasteiger partial charge is 0.374 e. The van der Waals surface area contributed by atoms with E-state index in [2.05, 4.69) is 10.00 Å². The molecule has 1 aromatic rings. The molecule has 1 aromatic heterocycles. The zero-order chi connectivity index (χ0) is 15.4. The molecule has 2 atom stereocenters. The average molecular weight is 335 g/mol. The molecule has 0 unspecified atom stereocenters. The van der Waals surface area contributed by atoms with Crippen LogP contribution in [0.15, 0.2) is 4.90 Å². The molecule has 2 aliphatic rings. The van der Waals surface area contributed by atoms with E-state index in [4.69, 9.17) is 16.3 Å². The van der Waals surface area contributed by atoms with Crippen LogP contribution in [0.5, 0.6) is 0 Å². The number of aryl methyl sites for hydroxylation is 2. The van der Waals surface area contributed by atoms with Gasteiger partial charge >= 0.3 is 0 Å². The summed E-state index contributed by atoms with van der Waals surface area (Å²) in [5.41, 5.74) is 0.423. The van der Waals surface area contributed by atoms with E-state index in [1.165, 1.54) is 8.99 Å². The summed E-state index contributed by atoms with van der Waals surface area (Å²) in [5, 5.41) is 4.24. The summed E-state index contributed by atoms with van der Waals surface area (Å²) in [6, 6.07) is 0.101. The lowest BCUT2D eigenvalue weighted by atomic mass is 10.1. The van der Waals surface area contributed by atoms with Crippen molar-refractivity contribution in [1.29, 1.82) is 0 Å². The van der Waals surface area contributed by atoms with Crippen molar-refractivity contribution in [3.8, 4) is 0 Å². The summed E-state index contributed by atoms with van der Waals surface area (Å²) in [6.07, 6.45) is -0.0747. The maximum absolute atomic E-state index is 12.9. The first-order chi connectivity index (χ1) is 9.82. The number of ether oxygens (including phenoxy) is 1. The normalized spacial score (nSPS) is 28.0. The molecule has 0 aromatic carbocycles. The van der Waals surface area contributed by atoms with Gasteiger partial charge in [0.15, 0.2) is 0 Å². The third-order valence-electron chi connectivity index (χ3n) is 4.24. The molecule has 21 heavy (non-hydrogen) atoms. The minimum atomic E-state index is -3.65. The third kappa shape index (κ3) is 2.39. The molecule has 2 saturated heterocycles. The summed E-state index contributed by atoms with van der Waals surface area (Å²) in [4.78, 5) is 2.26. The van der Waals surface area contributed by atoms with Gasteiger partial charge in [-0.25, -0.2) is 8.42 Å². The minimum absolute atomic E-state index is 0.0747. The van der Waals surface area contributed by atoms with Crippen LogP contribution in [0.25, 0.3) is 0 Å². The Bertz CT molecular complexity index is 660. The Morgan fingerprint density at radius 1 is 1.33 bits per heavy atom. The van der Waals surface area contributed by atoms with Gasteiger partial charge in [-0.15, -0.1) is 0 Å². The van der Waals surface area contributed by atoms with Crippen molar-refractivity contribution in [2.75, 3.05) is 33.3 Å². The number of nitrogens with zero attached hydrogens (tertiary/aromatic N) is 4. The molecule has 0 spiro atoms. The van der Waals surface area contributed by atoms with E-state index in [1.54, 1.807) is 14.0 Å². The van der Waals surface area contributed by atoms with Crippen LogP contribution in [0.3, 0.4) is 0 Å². The van der Waals surface area contributed by atoms with E-state index in [9.17, 15) is 8.42 Å². The van der Waals surface area contributed by atoms with Crippen LogP contribution in [0.2, 0.25) is 5.15 Å². The number of sulfonamides is 1. The molecule has 7 nitrogen and oxygen atoms in total. The Balaban J connectivity index is 1.93. The molecule has 3 rings (SSSR count). The molecule has 0 N–H and O–H groups in total. The first-order valence-corrected chi connectivity index (χ1v) is 8.65. The number of morpholine rings is 1. The third-order valence-corrected chi connectivity index (χ3v) is 6.77. The van der Waals surface area contributed by atoms with E-state index in [1.807, 2.05) is 7.05 Å². The predicted molar refractivity (Wildman–Crippen MR) is 77.9 cm³/mol. The molecule has 0 radical (unpaired) electrons. The van der Waals surface area contributed by atoms with Gasteiger partial charge in [-0.3, -0.25) is 9.58 Å². The smallest absolute Gasteiger partial charge is 0.248 e. The number of likely N-dealkylation sites (N-methyl/N-ethyl adjacent to an activating group) is 1. The zero-order valence-electron chi connectivity index (χ0n) is 12.3. The Labute approximate surface area is 129 Å². The lowest BCUT2D eigenvalue weighted by Gasteiger charge is -2.33. The maximum Gasteiger partial charge on any atom is 0.248 e. The first kappa shape index (κ1) is 15.2. The van der Waals surface area contributed by atoms with Crippen molar-refractivity contribution in [3.63, 3.8) is 0 Å². The van der Waals surface area contributed by atoms with E-state index in [0.29, 0.717) is 25.4 Å². The summed E-state index contributed by atoms with van der Waals surface area (Å²) in [6.45, 7) is 3.90. The fourth-order valence-electron chi connectivity index (χ4n) is 3.05. The quantitative estimate of drug-likeness (QED) is 0.766. The van der Waals surface area contributed by atoms with Crippen LogP contribution >= 0.6 is 11.6 Å². The van der Waals surface area contributed by atoms with E-state index < -0.39 is 10.0 Å². The molecule has 118 valence electrons. The molecule has 2 aliphatic heterocycles. The first-order valence-electron chi connectivity index (χ1n) is 6.83. The number of hydrogen-bond donors (Lipinski definition) is 0. The highest BCUT2D eigenvalue weighted by Crippen LogP contribution is 2.31. The molecule has 2 fully saturated rings. The van der Waals surface area contributed by atoms with Gasteiger partial charge < -0.3 is 4.74 Å². The highest BCUT2D eigenvalue weighted by Gasteiger charge is 2.44. The van der Waals surface area contributed by atoms with Gasteiger partial charge in [-0.2, -0.15) is 9.40 Å². The van der Waals surface area contributed by atoms with Gasteiger partial charge in [0.1, 0.15) is 10.0 Å². The van der Waals surface area contributed by atoms with Crippen LogP contribution < -0.4 is 0 Å². The van der Waals surface area contributed by atoms with Crippen molar-refractivity contribution in [2.24, 2.45) is 7.05 Å². The van der Waals surface area contributed by atoms with E-state index in [-0.39, 0.29) is 22.2 Å². The molecule has 0 amide bonds.